The number of ether oxygens (including phenoxy) is 2. The highest BCUT2D eigenvalue weighted by molar-refractivity contribution is 14.1. The summed E-state index contributed by atoms with van der Waals surface area (Å²) < 4.78 is 11.3. The molecule has 3 N–H and O–H groups in total. The normalized spacial score (nSPS) is 13.7. The molecule has 3 unspecified atom stereocenters. The molecule has 0 bridgehead atoms. The van der Waals surface area contributed by atoms with Gasteiger partial charge in [0.25, 0.3) is 5.60 Å². The highest BCUT2D eigenvalue weighted by Gasteiger charge is 2.69. The zero-order valence-electron chi connectivity index (χ0n) is 39.3. The summed E-state index contributed by atoms with van der Waals surface area (Å²) >= 11 is 5.45. The fourth-order valence-corrected chi connectivity index (χ4v) is 12.2. The van der Waals surface area contributed by atoms with Gasteiger partial charge in [-0.2, -0.15) is 0 Å². The number of aliphatic hydroxyl groups is 3. The third-order valence-corrected chi connectivity index (χ3v) is 14.4. The predicted molar refractivity (Wildman–Crippen MR) is 277 cm³/mol. The van der Waals surface area contributed by atoms with Crippen molar-refractivity contribution in [1.29, 1.82) is 0 Å². The molecule has 1 rings (SSSR count). The van der Waals surface area contributed by atoms with Gasteiger partial charge in [0.2, 0.25) is 17.6 Å². The fourth-order valence-electron chi connectivity index (χ4n) is 7.88. The monoisotopic (exact) mass is 1240 g/mol. The van der Waals surface area contributed by atoms with Crippen molar-refractivity contribution in [2.24, 2.45) is 0 Å². The molecular formula is C49H78I3NO11. The van der Waals surface area contributed by atoms with Crippen molar-refractivity contribution < 1.29 is 53.6 Å². The van der Waals surface area contributed by atoms with Gasteiger partial charge in [0.1, 0.15) is 0 Å². The Labute approximate surface area is 424 Å². The molecule has 0 aliphatic heterocycles. The van der Waals surface area contributed by atoms with Crippen molar-refractivity contribution in [3.63, 3.8) is 0 Å². The molecule has 0 aromatic heterocycles. The summed E-state index contributed by atoms with van der Waals surface area (Å²) in [5.41, 5.74) is -4.01. The smallest absolute Gasteiger partial charge is 0.349 e. The number of unbranched alkanes of at least 4 members (excludes halogenated alkanes) is 24. The summed E-state index contributed by atoms with van der Waals surface area (Å²) in [6.45, 7) is 7.78. The van der Waals surface area contributed by atoms with E-state index in [2.05, 4.69) is 13.8 Å². The Bertz CT molecular complexity index is 1590. The summed E-state index contributed by atoms with van der Waals surface area (Å²) in [6, 6.07) is 1.48. The average molecular weight is 1240 g/mol. The quantitative estimate of drug-likeness (QED) is 0.0249. The van der Waals surface area contributed by atoms with Crippen molar-refractivity contribution >= 4 is 109 Å². The summed E-state index contributed by atoms with van der Waals surface area (Å²) in [4.78, 5) is 82.0. The van der Waals surface area contributed by atoms with Gasteiger partial charge in [0.05, 0.1) is 21.4 Å². The SMILES string of the molecule is CCCCCCCCCCCCCCCC(=O)C(O)C(O)(C(=O)OCC)C(O)(OC(=O)c1c(I)cc(I)c(N(C(C)=O)C(C)=O)c1I)C(=O)CCCCCCCCCCCCCCC. The lowest BCUT2D eigenvalue weighted by Gasteiger charge is -2.41. The molecule has 0 fully saturated rings. The Morgan fingerprint density at radius 2 is 0.969 bits per heavy atom. The van der Waals surface area contributed by atoms with Gasteiger partial charge in [-0.3, -0.25) is 19.2 Å². The number of esters is 2. The van der Waals surface area contributed by atoms with E-state index in [4.69, 9.17) is 9.47 Å². The minimum atomic E-state index is -3.80. The molecular weight excluding hydrogens is 1160 g/mol. The Morgan fingerprint density at radius 3 is 1.34 bits per heavy atom. The first-order chi connectivity index (χ1) is 30.5. The predicted octanol–water partition coefficient (Wildman–Crippen LogP) is 12.0. The maximum Gasteiger partial charge on any atom is 0.349 e. The van der Waals surface area contributed by atoms with E-state index in [1.807, 2.05) is 45.2 Å². The van der Waals surface area contributed by atoms with E-state index in [1.54, 1.807) is 22.6 Å². The third kappa shape index (κ3) is 20.1. The van der Waals surface area contributed by atoms with Crippen molar-refractivity contribution in [2.45, 2.75) is 232 Å². The number of imide groups is 1. The van der Waals surface area contributed by atoms with Gasteiger partial charge in [0, 0.05) is 33.8 Å². The molecule has 366 valence electrons. The number of hydrogen-bond donors (Lipinski definition) is 3. The van der Waals surface area contributed by atoms with E-state index in [9.17, 15) is 44.1 Å². The first-order valence-electron chi connectivity index (χ1n) is 24.1. The number of ketones is 2. The number of anilines is 1. The molecule has 15 heteroatoms. The van der Waals surface area contributed by atoms with Crippen LogP contribution < -0.4 is 4.90 Å². The lowest BCUT2D eigenvalue weighted by molar-refractivity contribution is -0.278. The van der Waals surface area contributed by atoms with Gasteiger partial charge < -0.3 is 24.8 Å². The van der Waals surface area contributed by atoms with Crippen LogP contribution in [0.3, 0.4) is 0 Å². The van der Waals surface area contributed by atoms with Crippen LogP contribution in [0.5, 0.6) is 0 Å². The van der Waals surface area contributed by atoms with E-state index in [-0.39, 0.29) is 37.8 Å². The molecule has 0 aliphatic carbocycles. The second-order valence-corrected chi connectivity index (χ2v) is 20.5. The maximum atomic E-state index is 14.3. The minimum absolute atomic E-state index is 0.0364. The highest BCUT2D eigenvalue weighted by atomic mass is 127. The van der Waals surface area contributed by atoms with Gasteiger partial charge in [-0.05, 0) is 93.6 Å². The number of benzene rings is 1. The van der Waals surface area contributed by atoms with Gasteiger partial charge in [-0.25, -0.2) is 14.5 Å². The second kappa shape index (κ2) is 34.1. The summed E-state index contributed by atoms with van der Waals surface area (Å²) in [7, 11) is 0. The number of hydrogen-bond acceptors (Lipinski definition) is 11. The van der Waals surface area contributed by atoms with Crippen LogP contribution in [-0.4, -0.2) is 74.7 Å². The number of aliphatic hydroxyl groups excluding tert-OH is 1. The fraction of sp³-hybridized carbons (Fsp3) is 0.755. The van der Waals surface area contributed by atoms with Crippen LogP contribution in [0, 0.1) is 10.7 Å². The number of carbonyl (C=O) groups is 6. The van der Waals surface area contributed by atoms with E-state index in [0.717, 1.165) is 62.7 Å². The largest absolute Gasteiger partial charge is 0.464 e. The van der Waals surface area contributed by atoms with E-state index >= 15 is 0 Å². The van der Waals surface area contributed by atoms with Crippen LogP contribution in [0.2, 0.25) is 0 Å². The Balaban J connectivity index is 3.33. The first kappa shape index (κ1) is 60.7. The number of nitrogens with zero attached hydrogens (tertiary/aromatic N) is 1. The number of amides is 2. The average Bonchev–Trinajstić information content (AvgIpc) is 3.24. The van der Waals surface area contributed by atoms with Crippen LogP contribution in [0.1, 0.15) is 225 Å². The van der Waals surface area contributed by atoms with Gasteiger partial charge in [-0.1, -0.05) is 168 Å². The number of halogens is 3. The second-order valence-electron chi connectivity index (χ2n) is 17.0. The maximum absolute atomic E-state index is 14.3. The molecule has 0 saturated heterocycles. The van der Waals surface area contributed by atoms with Crippen LogP contribution in [-0.2, 0) is 33.4 Å². The summed E-state index contributed by atoms with van der Waals surface area (Å²) in [5.74, 6) is -10.6. The van der Waals surface area contributed by atoms with Crippen LogP contribution in [0.4, 0.5) is 5.69 Å². The van der Waals surface area contributed by atoms with Crippen molar-refractivity contribution in [3.8, 4) is 0 Å². The molecule has 0 radical (unpaired) electrons. The third-order valence-electron chi connectivity index (χ3n) is 11.7. The van der Waals surface area contributed by atoms with Crippen molar-refractivity contribution in [1.82, 2.24) is 0 Å². The van der Waals surface area contributed by atoms with Crippen LogP contribution in [0.25, 0.3) is 0 Å². The molecule has 0 aliphatic rings. The van der Waals surface area contributed by atoms with E-state index in [0.29, 0.717) is 22.8 Å². The molecule has 0 spiro atoms. The molecule has 0 heterocycles. The zero-order valence-corrected chi connectivity index (χ0v) is 45.8. The summed E-state index contributed by atoms with van der Waals surface area (Å²) in [5, 5.41) is 36.1. The minimum Gasteiger partial charge on any atom is -0.464 e. The van der Waals surface area contributed by atoms with E-state index < -0.39 is 59.2 Å². The van der Waals surface area contributed by atoms with Crippen LogP contribution >= 0.6 is 67.8 Å². The van der Waals surface area contributed by atoms with Gasteiger partial charge in [-0.15, -0.1) is 0 Å². The molecule has 3 atom stereocenters. The van der Waals surface area contributed by atoms with Crippen molar-refractivity contribution in [2.75, 3.05) is 11.5 Å². The Morgan fingerprint density at radius 1 is 0.594 bits per heavy atom. The molecule has 2 amide bonds. The topological polar surface area (TPSA) is 185 Å². The number of rotatable bonds is 37. The molecule has 0 saturated carbocycles. The summed E-state index contributed by atoms with van der Waals surface area (Å²) in [6.07, 6.45) is 23.5. The standard InChI is InChI=1S/C49H78I3NO11/c1-6-9-11-13-15-17-19-21-23-25-27-29-31-33-40(56)45(58)48(61,47(60)63-8-3)49(62,41(57)34-32-30-28-26-24-22-20-18-16-14-12-10-7-2)64-46(59)42-38(50)35-39(51)44(43(42)52)53(36(4)54)37(5)55/h35,45,58,61-62H,6-34H2,1-5H3. The van der Waals surface area contributed by atoms with Gasteiger partial charge >= 0.3 is 17.7 Å². The molecule has 64 heavy (non-hydrogen) atoms. The first-order valence-corrected chi connectivity index (χ1v) is 27.3. The zero-order chi connectivity index (χ0) is 48.1. The number of Topliss-reactive ketones (excluding diaryl/α,β-unsaturated/α-hetero) is 2. The van der Waals surface area contributed by atoms with Crippen LogP contribution in [0.15, 0.2) is 6.07 Å². The van der Waals surface area contributed by atoms with E-state index in [1.165, 1.54) is 110 Å². The molecule has 12 nitrogen and oxygen atoms in total. The molecule has 1 aromatic rings. The van der Waals surface area contributed by atoms with Gasteiger partial charge in [0.15, 0.2) is 11.9 Å². The lowest BCUT2D eigenvalue weighted by Crippen LogP contribution is -2.72. The Hall–Kier alpha value is -1.29. The number of carbonyl (C=O) groups excluding carboxylic acids is 6. The highest BCUT2D eigenvalue weighted by Crippen LogP contribution is 2.39. The molecule has 1 aromatic carbocycles. The lowest BCUT2D eigenvalue weighted by atomic mass is 9.80. The Kier molecular flexibility index (Phi) is 32.3. The van der Waals surface area contributed by atoms with Crippen molar-refractivity contribution in [3.05, 3.63) is 22.3 Å².